The molecule has 154 valence electrons. The van der Waals surface area contributed by atoms with Crippen molar-refractivity contribution in [3.63, 3.8) is 0 Å². The van der Waals surface area contributed by atoms with Crippen LogP contribution in [0.2, 0.25) is 0 Å². The maximum absolute atomic E-state index is 12.2. The molecule has 3 aromatic rings. The molecule has 4 rings (SSSR count). The van der Waals surface area contributed by atoms with Gasteiger partial charge in [0.2, 0.25) is 5.91 Å². The quantitative estimate of drug-likeness (QED) is 0.642. The summed E-state index contributed by atoms with van der Waals surface area (Å²) in [6.07, 6.45) is 2.14. The fraction of sp³-hybridized carbons (Fsp3) is 0.318. The fourth-order valence-corrected chi connectivity index (χ4v) is 3.16. The molecular formula is C22H23N5O3. The lowest BCUT2D eigenvalue weighted by Gasteiger charge is -2.10. The first-order valence-corrected chi connectivity index (χ1v) is 9.99. The maximum Gasteiger partial charge on any atom is 0.267 e. The number of nitrogens with one attached hydrogen (secondary N) is 1. The predicted molar refractivity (Wildman–Crippen MR) is 112 cm³/mol. The Kier molecular flexibility index (Phi) is 5.56. The molecule has 8 heteroatoms. The molecular weight excluding hydrogens is 382 g/mol. The zero-order valence-electron chi connectivity index (χ0n) is 16.7. The van der Waals surface area contributed by atoms with Crippen LogP contribution in [0, 0.1) is 6.92 Å². The van der Waals surface area contributed by atoms with Crippen LogP contribution in [0.1, 0.15) is 30.0 Å². The largest absolute Gasteiger partial charge is 0.353 e. The lowest BCUT2D eigenvalue weighted by Crippen LogP contribution is -2.36. The average molecular weight is 405 g/mol. The van der Waals surface area contributed by atoms with Gasteiger partial charge >= 0.3 is 0 Å². The highest BCUT2D eigenvalue weighted by Crippen LogP contribution is 2.38. The molecule has 2 aromatic heterocycles. The van der Waals surface area contributed by atoms with Gasteiger partial charge in [-0.1, -0.05) is 29.8 Å². The summed E-state index contributed by atoms with van der Waals surface area (Å²) in [5, 5.41) is 11.4. The molecule has 8 nitrogen and oxygen atoms in total. The molecule has 2 heterocycles. The Hall–Kier alpha value is -3.55. The van der Waals surface area contributed by atoms with E-state index in [4.69, 9.17) is 0 Å². The number of hydrogen-bond donors (Lipinski definition) is 1. The number of benzene rings is 1. The minimum atomic E-state index is -0.333. The van der Waals surface area contributed by atoms with Crippen molar-refractivity contribution in [1.82, 2.24) is 24.9 Å². The van der Waals surface area contributed by atoms with Crippen LogP contribution in [0.15, 0.2) is 58.1 Å². The van der Waals surface area contributed by atoms with Crippen molar-refractivity contribution in [2.45, 2.75) is 38.8 Å². The summed E-state index contributed by atoms with van der Waals surface area (Å²) in [4.78, 5) is 36.3. The molecule has 0 aliphatic heterocycles. The van der Waals surface area contributed by atoms with E-state index >= 15 is 0 Å². The van der Waals surface area contributed by atoms with Gasteiger partial charge in [-0.05, 0) is 31.9 Å². The number of aromatic nitrogens is 4. The lowest BCUT2D eigenvalue weighted by molar-refractivity contribution is -0.121. The minimum Gasteiger partial charge on any atom is -0.353 e. The normalized spacial score (nSPS) is 13.2. The topological polar surface area (TPSA) is 98.9 Å². The minimum absolute atomic E-state index is 0.148. The number of nitrogens with zero attached hydrogens (tertiary/aromatic N) is 4. The lowest BCUT2D eigenvalue weighted by atomic mass is 10.1. The molecule has 0 atom stereocenters. The van der Waals surface area contributed by atoms with E-state index in [1.165, 1.54) is 21.5 Å². The van der Waals surface area contributed by atoms with Crippen LogP contribution in [0.5, 0.6) is 0 Å². The third-order valence-electron chi connectivity index (χ3n) is 5.04. The van der Waals surface area contributed by atoms with Crippen LogP contribution >= 0.6 is 0 Å². The molecule has 0 unspecified atom stereocenters. The highest BCUT2D eigenvalue weighted by molar-refractivity contribution is 5.75. The summed E-state index contributed by atoms with van der Waals surface area (Å²) in [5.41, 5.74) is 3.05. The highest BCUT2D eigenvalue weighted by atomic mass is 16.2. The van der Waals surface area contributed by atoms with E-state index in [0.717, 1.165) is 29.7 Å². The SMILES string of the molecule is Cc1ccc(-c2ccc(=O)n(CCNC(=O)Cn3nc(C4CC4)ccc3=O)n2)cc1. The summed E-state index contributed by atoms with van der Waals surface area (Å²) < 4.78 is 2.51. The van der Waals surface area contributed by atoms with Crippen molar-refractivity contribution in [3.8, 4) is 11.3 Å². The Bertz CT molecular complexity index is 1180. The average Bonchev–Trinajstić information content (AvgIpc) is 3.57. The second-order valence-electron chi connectivity index (χ2n) is 7.52. The number of carbonyl (C=O) groups is 1. The Morgan fingerprint density at radius 2 is 1.67 bits per heavy atom. The smallest absolute Gasteiger partial charge is 0.267 e. The molecule has 1 aliphatic rings. The molecule has 1 fully saturated rings. The second kappa shape index (κ2) is 8.44. The zero-order valence-corrected chi connectivity index (χ0v) is 16.7. The van der Waals surface area contributed by atoms with E-state index in [0.29, 0.717) is 11.6 Å². The van der Waals surface area contributed by atoms with E-state index in [-0.39, 0.29) is 36.7 Å². The van der Waals surface area contributed by atoms with E-state index in [2.05, 4.69) is 15.5 Å². The van der Waals surface area contributed by atoms with Gasteiger partial charge in [0.25, 0.3) is 11.1 Å². The Morgan fingerprint density at radius 1 is 0.967 bits per heavy atom. The van der Waals surface area contributed by atoms with Crippen LogP contribution in [0.25, 0.3) is 11.3 Å². The van der Waals surface area contributed by atoms with Crippen molar-refractivity contribution in [2.24, 2.45) is 0 Å². The van der Waals surface area contributed by atoms with Crippen molar-refractivity contribution in [3.05, 3.63) is 80.5 Å². The first-order chi connectivity index (χ1) is 14.5. The molecule has 1 saturated carbocycles. The fourth-order valence-electron chi connectivity index (χ4n) is 3.16. The van der Waals surface area contributed by atoms with E-state index in [1.54, 1.807) is 12.1 Å². The van der Waals surface area contributed by atoms with Gasteiger partial charge < -0.3 is 5.32 Å². The number of hydrogen-bond acceptors (Lipinski definition) is 5. The number of carbonyl (C=O) groups excluding carboxylic acids is 1. The van der Waals surface area contributed by atoms with E-state index in [1.807, 2.05) is 31.2 Å². The monoisotopic (exact) mass is 405 g/mol. The van der Waals surface area contributed by atoms with Crippen molar-refractivity contribution in [1.29, 1.82) is 0 Å². The summed E-state index contributed by atoms with van der Waals surface area (Å²) >= 11 is 0. The Balaban J connectivity index is 1.37. The Labute approximate surface area is 173 Å². The van der Waals surface area contributed by atoms with Gasteiger partial charge in [0.15, 0.2) is 0 Å². The second-order valence-corrected chi connectivity index (χ2v) is 7.52. The molecule has 1 aromatic carbocycles. The van der Waals surface area contributed by atoms with Crippen molar-refractivity contribution >= 4 is 5.91 Å². The van der Waals surface area contributed by atoms with Gasteiger partial charge in [-0.15, -0.1) is 0 Å². The molecule has 1 N–H and O–H groups in total. The summed E-state index contributed by atoms with van der Waals surface area (Å²) in [7, 11) is 0. The Morgan fingerprint density at radius 3 is 2.40 bits per heavy atom. The first-order valence-electron chi connectivity index (χ1n) is 9.99. The molecule has 0 saturated heterocycles. The van der Waals surface area contributed by atoms with Crippen LogP contribution in [0.3, 0.4) is 0 Å². The number of aryl methyl sites for hydroxylation is 1. The third-order valence-corrected chi connectivity index (χ3v) is 5.04. The van der Waals surface area contributed by atoms with Gasteiger partial charge in [-0.2, -0.15) is 10.2 Å². The van der Waals surface area contributed by atoms with Crippen molar-refractivity contribution < 1.29 is 4.79 Å². The van der Waals surface area contributed by atoms with Crippen LogP contribution in [-0.2, 0) is 17.9 Å². The zero-order chi connectivity index (χ0) is 21.1. The van der Waals surface area contributed by atoms with Crippen LogP contribution < -0.4 is 16.4 Å². The number of amides is 1. The van der Waals surface area contributed by atoms with Crippen LogP contribution in [-0.4, -0.2) is 32.0 Å². The maximum atomic E-state index is 12.2. The van der Waals surface area contributed by atoms with Crippen molar-refractivity contribution in [2.75, 3.05) is 6.54 Å². The molecule has 1 amide bonds. The summed E-state index contributed by atoms with van der Waals surface area (Å²) in [6.45, 7) is 2.31. The molecule has 0 radical (unpaired) electrons. The predicted octanol–water partition coefficient (Wildman–Crippen LogP) is 1.47. The number of rotatable bonds is 7. The molecule has 1 aliphatic carbocycles. The summed E-state index contributed by atoms with van der Waals surface area (Å²) in [5.74, 6) is 0.0685. The van der Waals surface area contributed by atoms with Gasteiger partial charge in [0, 0.05) is 30.2 Å². The highest BCUT2D eigenvalue weighted by Gasteiger charge is 2.25. The third kappa shape index (κ3) is 4.71. The molecule has 0 spiro atoms. The van der Waals surface area contributed by atoms with Gasteiger partial charge in [-0.25, -0.2) is 9.36 Å². The summed E-state index contributed by atoms with van der Waals surface area (Å²) in [6, 6.07) is 14.2. The molecule has 0 bridgehead atoms. The molecule has 30 heavy (non-hydrogen) atoms. The van der Waals surface area contributed by atoms with Gasteiger partial charge in [0.1, 0.15) is 6.54 Å². The standard InChI is InChI=1S/C22H23N5O3/c1-15-2-4-16(5-3-15)18-8-10-21(29)26(24-18)13-12-23-20(28)14-27-22(30)11-9-19(25-27)17-6-7-17/h2-5,8-11,17H,6-7,12-14H2,1H3,(H,23,28). The van der Waals surface area contributed by atoms with Crippen LogP contribution in [0.4, 0.5) is 0 Å². The van der Waals surface area contributed by atoms with Gasteiger partial charge in [-0.3, -0.25) is 14.4 Å². The van der Waals surface area contributed by atoms with E-state index < -0.39 is 0 Å². The van der Waals surface area contributed by atoms with E-state index in [9.17, 15) is 14.4 Å². The first kappa shape index (κ1) is 19.8. The van der Waals surface area contributed by atoms with Gasteiger partial charge in [0.05, 0.1) is 17.9 Å².